The highest BCUT2D eigenvalue weighted by molar-refractivity contribution is 5.94. The minimum Gasteiger partial charge on any atom is -0.493 e. The van der Waals surface area contributed by atoms with Gasteiger partial charge in [0.05, 0.1) is 19.9 Å². The molecule has 0 saturated carbocycles. The summed E-state index contributed by atoms with van der Waals surface area (Å²) in [6.07, 6.45) is 3.46. The normalized spacial score (nSPS) is 10.2. The van der Waals surface area contributed by atoms with Gasteiger partial charge in [-0.3, -0.25) is 9.89 Å². The van der Waals surface area contributed by atoms with Crippen LogP contribution in [0.1, 0.15) is 22.8 Å². The maximum Gasteiger partial charge on any atom is 0.254 e. The van der Waals surface area contributed by atoms with E-state index in [0.717, 1.165) is 5.56 Å². The minimum absolute atomic E-state index is 0.0856. The number of benzene rings is 1. The summed E-state index contributed by atoms with van der Waals surface area (Å²) in [6, 6.07) is 5.18. The number of aromatic nitrogens is 2. The highest BCUT2D eigenvalue weighted by Gasteiger charge is 2.15. The number of rotatable bonds is 6. The minimum atomic E-state index is -0.0856. The molecule has 0 aliphatic carbocycles. The van der Waals surface area contributed by atoms with E-state index in [0.29, 0.717) is 30.2 Å². The van der Waals surface area contributed by atoms with Crippen LogP contribution in [-0.2, 0) is 6.54 Å². The van der Waals surface area contributed by atoms with Gasteiger partial charge < -0.3 is 14.4 Å². The fraction of sp³-hybridized carbons (Fsp3) is 0.333. The molecule has 0 spiro atoms. The molecule has 0 radical (unpaired) electrons. The number of methoxy groups -OCH3 is 1. The molecule has 0 aliphatic rings. The fourth-order valence-corrected chi connectivity index (χ4v) is 2.01. The van der Waals surface area contributed by atoms with E-state index in [-0.39, 0.29) is 5.91 Å². The lowest BCUT2D eigenvalue weighted by Gasteiger charge is -2.17. The summed E-state index contributed by atoms with van der Waals surface area (Å²) in [5.74, 6) is 1.10. The van der Waals surface area contributed by atoms with Crippen molar-refractivity contribution in [3.63, 3.8) is 0 Å². The highest BCUT2D eigenvalue weighted by atomic mass is 16.5. The first kappa shape index (κ1) is 14.9. The van der Waals surface area contributed by atoms with Crippen molar-refractivity contribution in [2.24, 2.45) is 0 Å². The molecule has 1 N–H and O–H groups in total. The molecule has 1 aromatic carbocycles. The van der Waals surface area contributed by atoms with Crippen molar-refractivity contribution in [3.8, 4) is 11.5 Å². The van der Waals surface area contributed by atoms with Gasteiger partial charge in [-0.15, -0.1) is 0 Å². The number of hydrogen-bond acceptors (Lipinski definition) is 4. The first-order chi connectivity index (χ1) is 10.2. The third-order valence-corrected chi connectivity index (χ3v) is 3.03. The van der Waals surface area contributed by atoms with Crippen LogP contribution >= 0.6 is 0 Å². The number of carbonyl (C=O) groups excluding carboxylic acids is 1. The molecule has 2 rings (SSSR count). The van der Waals surface area contributed by atoms with E-state index in [4.69, 9.17) is 9.47 Å². The van der Waals surface area contributed by atoms with Crippen molar-refractivity contribution in [1.29, 1.82) is 0 Å². The lowest BCUT2D eigenvalue weighted by atomic mass is 10.1. The van der Waals surface area contributed by atoms with Gasteiger partial charge in [0, 0.05) is 30.9 Å². The lowest BCUT2D eigenvalue weighted by Crippen LogP contribution is -2.26. The van der Waals surface area contributed by atoms with Gasteiger partial charge in [-0.25, -0.2) is 0 Å². The average Bonchev–Trinajstić information content (AvgIpc) is 3.00. The van der Waals surface area contributed by atoms with E-state index in [1.54, 1.807) is 49.7 Å². The van der Waals surface area contributed by atoms with E-state index < -0.39 is 0 Å². The van der Waals surface area contributed by atoms with E-state index in [9.17, 15) is 4.79 Å². The zero-order valence-corrected chi connectivity index (χ0v) is 12.4. The van der Waals surface area contributed by atoms with Gasteiger partial charge in [0.1, 0.15) is 0 Å². The van der Waals surface area contributed by atoms with Crippen LogP contribution in [0.2, 0.25) is 0 Å². The molecule has 0 bridgehead atoms. The molecule has 21 heavy (non-hydrogen) atoms. The average molecular weight is 289 g/mol. The number of nitrogens with one attached hydrogen (secondary N) is 1. The van der Waals surface area contributed by atoms with Crippen LogP contribution in [0.5, 0.6) is 11.5 Å². The topological polar surface area (TPSA) is 67.5 Å². The largest absolute Gasteiger partial charge is 0.493 e. The van der Waals surface area contributed by atoms with Crippen LogP contribution in [0.4, 0.5) is 0 Å². The molecular formula is C15H19N3O3. The van der Waals surface area contributed by atoms with Crippen LogP contribution in [0.3, 0.4) is 0 Å². The standard InChI is InChI=1S/C15H19N3O3/c1-4-21-13-6-5-12(7-14(13)20-3)15(19)18(2)10-11-8-16-17-9-11/h5-9H,4,10H2,1-3H3,(H,16,17). The Balaban J connectivity index is 2.14. The van der Waals surface area contributed by atoms with Crippen LogP contribution in [-0.4, -0.2) is 41.8 Å². The predicted octanol–water partition coefficient (Wildman–Crippen LogP) is 2.09. The maximum atomic E-state index is 12.4. The zero-order chi connectivity index (χ0) is 15.2. The summed E-state index contributed by atoms with van der Waals surface area (Å²) >= 11 is 0. The van der Waals surface area contributed by atoms with E-state index in [1.165, 1.54) is 0 Å². The Labute approximate surface area is 123 Å². The molecule has 6 nitrogen and oxygen atoms in total. The predicted molar refractivity (Wildman–Crippen MR) is 78.5 cm³/mol. The first-order valence-corrected chi connectivity index (χ1v) is 6.69. The molecule has 0 atom stereocenters. The number of ether oxygens (including phenoxy) is 2. The molecule has 6 heteroatoms. The zero-order valence-electron chi connectivity index (χ0n) is 12.4. The van der Waals surface area contributed by atoms with E-state index in [2.05, 4.69) is 10.2 Å². The highest BCUT2D eigenvalue weighted by Crippen LogP contribution is 2.28. The van der Waals surface area contributed by atoms with E-state index >= 15 is 0 Å². The summed E-state index contributed by atoms with van der Waals surface area (Å²) in [5.41, 5.74) is 1.50. The second-order valence-electron chi connectivity index (χ2n) is 4.57. The molecule has 1 amide bonds. The number of hydrogen-bond donors (Lipinski definition) is 1. The van der Waals surface area contributed by atoms with E-state index in [1.807, 2.05) is 6.92 Å². The van der Waals surface area contributed by atoms with Crippen molar-refractivity contribution in [1.82, 2.24) is 15.1 Å². The molecule has 0 fully saturated rings. The Morgan fingerprint density at radius 3 is 2.81 bits per heavy atom. The summed E-state index contributed by atoms with van der Waals surface area (Å²) in [5, 5.41) is 6.60. The molecular weight excluding hydrogens is 270 g/mol. The second-order valence-corrected chi connectivity index (χ2v) is 4.57. The van der Waals surface area contributed by atoms with Gasteiger partial charge in [-0.2, -0.15) is 5.10 Å². The molecule has 112 valence electrons. The lowest BCUT2D eigenvalue weighted by molar-refractivity contribution is 0.0784. The monoisotopic (exact) mass is 289 g/mol. The van der Waals surface area contributed by atoms with Crippen molar-refractivity contribution in [3.05, 3.63) is 41.7 Å². The summed E-state index contributed by atoms with van der Waals surface area (Å²) < 4.78 is 10.7. The molecule has 0 unspecified atom stereocenters. The van der Waals surface area contributed by atoms with Crippen molar-refractivity contribution in [2.75, 3.05) is 20.8 Å². The molecule has 1 aromatic heterocycles. The van der Waals surface area contributed by atoms with Gasteiger partial charge in [0.25, 0.3) is 5.91 Å². The Morgan fingerprint density at radius 1 is 1.38 bits per heavy atom. The Bertz CT molecular complexity index is 596. The van der Waals surface area contributed by atoms with Gasteiger partial charge in [0.15, 0.2) is 11.5 Å². The Morgan fingerprint density at radius 2 is 2.19 bits per heavy atom. The third kappa shape index (κ3) is 3.53. The number of nitrogens with zero attached hydrogens (tertiary/aromatic N) is 2. The number of aromatic amines is 1. The third-order valence-electron chi connectivity index (χ3n) is 3.03. The maximum absolute atomic E-state index is 12.4. The van der Waals surface area contributed by atoms with Crippen molar-refractivity contribution < 1.29 is 14.3 Å². The van der Waals surface area contributed by atoms with Gasteiger partial charge in [-0.05, 0) is 25.1 Å². The molecule has 2 aromatic rings. The summed E-state index contributed by atoms with van der Waals surface area (Å²) in [7, 11) is 3.31. The van der Waals surface area contributed by atoms with Gasteiger partial charge >= 0.3 is 0 Å². The number of carbonyl (C=O) groups is 1. The fourth-order valence-electron chi connectivity index (χ4n) is 2.01. The molecule has 0 saturated heterocycles. The second kappa shape index (κ2) is 6.78. The summed E-state index contributed by atoms with van der Waals surface area (Å²) in [6.45, 7) is 2.94. The number of amides is 1. The molecule has 1 heterocycles. The van der Waals surface area contributed by atoms with Gasteiger partial charge in [-0.1, -0.05) is 0 Å². The molecule has 0 aliphatic heterocycles. The summed E-state index contributed by atoms with van der Waals surface area (Å²) in [4.78, 5) is 14.0. The SMILES string of the molecule is CCOc1ccc(C(=O)N(C)Cc2cn[nH]c2)cc1OC. The Kier molecular flexibility index (Phi) is 4.81. The number of H-pyrrole nitrogens is 1. The van der Waals surface area contributed by atoms with Gasteiger partial charge in [0.2, 0.25) is 0 Å². The van der Waals surface area contributed by atoms with Crippen LogP contribution in [0.15, 0.2) is 30.6 Å². The first-order valence-electron chi connectivity index (χ1n) is 6.69. The quantitative estimate of drug-likeness (QED) is 0.884. The van der Waals surface area contributed by atoms with Crippen molar-refractivity contribution >= 4 is 5.91 Å². The Hall–Kier alpha value is -2.50. The smallest absolute Gasteiger partial charge is 0.254 e. The van der Waals surface area contributed by atoms with Crippen LogP contribution < -0.4 is 9.47 Å². The van der Waals surface area contributed by atoms with Crippen LogP contribution in [0, 0.1) is 0 Å². The van der Waals surface area contributed by atoms with Crippen molar-refractivity contribution in [2.45, 2.75) is 13.5 Å². The van der Waals surface area contributed by atoms with Crippen LogP contribution in [0.25, 0.3) is 0 Å².